The van der Waals surface area contributed by atoms with E-state index in [2.05, 4.69) is 11.3 Å². The van der Waals surface area contributed by atoms with E-state index in [-0.39, 0.29) is 11.3 Å². The van der Waals surface area contributed by atoms with Gasteiger partial charge in [-0.05, 0) is 36.6 Å². The van der Waals surface area contributed by atoms with Crippen LogP contribution in [0.1, 0.15) is 23.6 Å². The molecule has 0 aliphatic carbocycles. The fourth-order valence-corrected chi connectivity index (χ4v) is 3.70. The summed E-state index contributed by atoms with van der Waals surface area (Å²) in [5.41, 5.74) is 2.04. The fraction of sp³-hybridized carbons (Fsp3) is 0.222. The maximum atomic E-state index is 12.7. The number of alkyl halides is 3. The molecule has 25 heavy (non-hydrogen) atoms. The Bertz CT molecular complexity index is 829. The average Bonchev–Trinajstić information content (AvgIpc) is 2.54. The van der Waals surface area contributed by atoms with Crippen LogP contribution >= 0.6 is 34.8 Å². The zero-order valence-electron chi connectivity index (χ0n) is 13.5. The van der Waals surface area contributed by atoms with Crippen molar-refractivity contribution in [2.45, 2.75) is 28.1 Å². The van der Waals surface area contributed by atoms with E-state index in [1.54, 1.807) is 24.3 Å². The zero-order chi connectivity index (χ0) is 18.7. The van der Waals surface area contributed by atoms with Gasteiger partial charge in [0, 0.05) is 0 Å². The molecule has 0 radical (unpaired) electrons. The van der Waals surface area contributed by atoms with Gasteiger partial charge in [-0.25, -0.2) is 13.1 Å². The summed E-state index contributed by atoms with van der Waals surface area (Å²) in [5, 5.41) is 0. The summed E-state index contributed by atoms with van der Waals surface area (Å²) in [4.78, 5) is 0.179. The van der Waals surface area contributed by atoms with E-state index in [4.69, 9.17) is 34.8 Å². The molecule has 0 amide bonds. The van der Waals surface area contributed by atoms with E-state index in [1.807, 2.05) is 37.3 Å². The van der Waals surface area contributed by atoms with E-state index < -0.39 is 19.9 Å². The number of nitrogens with one attached hydrogen (secondary N) is 1. The molecule has 1 atom stereocenters. The minimum atomic E-state index is -3.74. The van der Waals surface area contributed by atoms with E-state index in [0.29, 0.717) is 5.57 Å². The Morgan fingerprint density at radius 2 is 1.64 bits per heavy atom. The van der Waals surface area contributed by atoms with Gasteiger partial charge in [-0.2, -0.15) is 0 Å². The van der Waals surface area contributed by atoms with Gasteiger partial charge < -0.3 is 0 Å². The quantitative estimate of drug-likeness (QED) is 0.509. The van der Waals surface area contributed by atoms with Crippen molar-refractivity contribution in [1.82, 2.24) is 4.72 Å². The minimum Gasteiger partial charge on any atom is -0.207 e. The molecule has 2 aromatic rings. The van der Waals surface area contributed by atoms with Crippen molar-refractivity contribution in [3.8, 4) is 0 Å². The van der Waals surface area contributed by atoms with Gasteiger partial charge >= 0.3 is 0 Å². The van der Waals surface area contributed by atoms with Crippen LogP contribution in [0.25, 0.3) is 0 Å². The van der Waals surface area contributed by atoms with Crippen molar-refractivity contribution in [2.24, 2.45) is 0 Å². The number of aryl methyl sites for hydroxylation is 1. The predicted molar refractivity (Wildman–Crippen MR) is 105 cm³/mol. The van der Waals surface area contributed by atoms with Crippen molar-refractivity contribution in [3.05, 3.63) is 77.9 Å². The van der Waals surface area contributed by atoms with Crippen LogP contribution in [-0.4, -0.2) is 12.2 Å². The molecule has 0 heterocycles. The molecule has 2 aromatic carbocycles. The molecule has 0 spiro atoms. The first-order valence-corrected chi connectivity index (χ1v) is 10.1. The Labute approximate surface area is 163 Å². The lowest BCUT2D eigenvalue weighted by molar-refractivity contribution is 0.553. The van der Waals surface area contributed by atoms with Gasteiger partial charge in [0.15, 0.2) is 0 Å². The second-order valence-electron chi connectivity index (χ2n) is 5.70. The maximum Gasteiger partial charge on any atom is 0.241 e. The molecule has 0 fully saturated rings. The summed E-state index contributed by atoms with van der Waals surface area (Å²) in [5.74, 6) is 0. The molecular weight excluding hydrogens is 401 g/mol. The Hall–Kier alpha value is -1.04. The molecule has 0 aliphatic rings. The van der Waals surface area contributed by atoms with Gasteiger partial charge in [-0.15, -0.1) is 0 Å². The molecule has 3 nitrogen and oxygen atoms in total. The Kier molecular flexibility index (Phi) is 6.57. The third-order valence-corrected chi connectivity index (χ3v) is 5.97. The highest BCUT2D eigenvalue weighted by Gasteiger charge is 2.29. The Balaban J connectivity index is 2.32. The number of benzene rings is 2. The number of hydrogen-bond donors (Lipinski definition) is 1. The summed E-state index contributed by atoms with van der Waals surface area (Å²) in [6.45, 7) is 5.67. The average molecular weight is 419 g/mol. The highest BCUT2D eigenvalue weighted by molar-refractivity contribution is 7.89. The van der Waals surface area contributed by atoms with Gasteiger partial charge in [0.1, 0.15) is 0 Å². The fourth-order valence-electron chi connectivity index (χ4n) is 2.25. The van der Waals surface area contributed by atoms with Crippen LogP contribution in [0.4, 0.5) is 0 Å². The van der Waals surface area contributed by atoms with Gasteiger partial charge in [0.05, 0.1) is 10.9 Å². The lowest BCUT2D eigenvalue weighted by Gasteiger charge is -2.23. The lowest BCUT2D eigenvalue weighted by Crippen LogP contribution is -2.30. The number of sulfonamides is 1. The van der Waals surface area contributed by atoms with E-state index in [9.17, 15) is 8.42 Å². The highest BCUT2D eigenvalue weighted by atomic mass is 35.6. The van der Waals surface area contributed by atoms with E-state index in [1.165, 1.54) is 0 Å². The van der Waals surface area contributed by atoms with Crippen molar-refractivity contribution < 1.29 is 8.42 Å². The second-order valence-corrected chi connectivity index (χ2v) is 9.70. The van der Waals surface area contributed by atoms with Crippen molar-refractivity contribution in [3.63, 3.8) is 0 Å². The molecule has 134 valence electrons. The third-order valence-electron chi connectivity index (χ3n) is 3.68. The van der Waals surface area contributed by atoms with Crippen LogP contribution in [0.3, 0.4) is 0 Å². The van der Waals surface area contributed by atoms with Crippen LogP contribution in [-0.2, 0) is 10.0 Å². The summed E-state index contributed by atoms with van der Waals surface area (Å²) in [7, 11) is -3.74. The molecule has 0 saturated carbocycles. The normalized spacial score (nSPS) is 13.4. The second kappa shape index (κ2) is 8.11. The van der Waals surface area contributed by atoms with Gasteiger partial charge in [-0.3, -0.25) is 0 Å². The van der Waals surface area contributed by atoms with Crippen molar-refractivity contribution in [2.75, 3.05) is 0 Å². The summed E-state index contributed by atoms with van der Waals surface area (Å²) in [6.07, 6.45) is 0.158. The standard InChI is InChI=1S/C18H18Cl3NO2S/c1-13-8-10-16(11-9-13)25(23,24)22-17(12-14(2)18(19,20)21)15-6-4-3-5-7-15/h3-11,17,22H,2,12H2,1H3. The van der Waals surface area contributed by atoms with Crippen LogP contribution in [0.15, 0.2) is 71.6 Å². The first-order valence-electron chi connectivity index (χ1n) is 7.48. The topological polar surface area (TPSA) is 46.2 Å². The number of hydrogen-bond acceptors (Lipinski definition) is 2. The van der Waals surface area contributed by atoms with Crippen molar-refractivity contribution in [1.29, 1.82) is 0 Å². The maximum absolute atomic E-state index is 12.7. The molecule has 2 rings (SSSR count). The van der Waals surface area contributed by atoms with Crippen LogP contribution in [0.5, 0.6) is 0 Å². The van der Waals surface area contributed by atoms with Gasteiger partial charge in [0.25, 0.3) is 0 Å². The highest BCUT2D eigenvalue weighted by Crippen LogP contribution is 2.38. The molecule has 0 bridgehead atoms. The van der Waals surface area contributed by atoms with Crippen LogP contribution in [0, 0.1) is 6.92 Å². The number of rotatable bonds is 6. The van der Waals surface area contributed by atoms with Gasteiger partial charge in [-0.1, -0.05) is 89.4 Å². The minimum absolute atomic E-state index is 0.158. The number of halogens is 3. The zero-order valence-corrected chi connectivity index (χ0v) is 16.6. The molecular formula is C18H18Cl3NO2S. The SMILES string of the molecule is C=C(CC(NS(=O)(=O)c1ccc(C)cc1)c1ccccc1)C(Cl)(Cl)Cl. The monoisotopic (exact) mass is 417 g/mol. The predicted octanol–water partition coefficient (Wildman–Crippen LogP) is 5.33. The van der Waals surface area contributed by atoms with Crippen LogP contribution in [0.2, 0.25) is 0 Å². The summed E-state index contributed by atoms with van der Waals surface area (Å²) >= 11 is 17.6. The summed E-state index contributed by atoms with van der Waals surface area (Å²) in [6, 6.07) is 15.1. The smallest absolute Gasteiger partial charge is 0.207 e. The lowest BCUT2D eigenvalue weighted by atomic mass is 10.0. The summed E-state index contributed by atoms with van der Waals surface area (Å²) < 4.78 is 26.5. The first-order chi connectivity index (χ1) is 11.6. The molecule has 0 aliphatic heterocycles. The van der Waals surface area contributed by atoms with E-state index >= 15 is 0 Å². The third kappa shape index (κ3) is 5.73. The molecule has 1 unspecified atom stereocenters. The molecule has 0 saturated heterocycles. The molecule has 1 N–H and O–H groups in total. The van der Waals surface area contributed by atoms with Crippen molar-refractivity contribution >= 4 is 44.8 Å². The molecule has 0 aromatic heterocycles. The Morgan fingerprint density at radius 1 is 1.08 bits per heavy atom. The largest absolute Gasteiger partial charge is 0.241 e. The Morgan fingerprint density at radius 3 is 2.16 bits per heavy atom. The van der Waals surface area contributed by atoms with E-state index in [0.717, 1.165) is 11.1 Å². The molecule has 7 heteroatoms. The van der Waals surface area contributed by atoms with Gasteiger partial charge in [0.2, 0.25) is 13.8 Å². The first kappa shape index (κ1) is 20.3. The van der Waals surface area contributed by atoms with Crippen LogP contribution < -0.4 is 4.72 Å².